The summed E-state index contributed by atoms with van der Waals surface area (Å²) in [5.74, 6) is 1.34. The highest BCUT2D eigenvalue weighted by atomic mass is 35.5. The van der Waals surface area contributed by atoms with E-state index in [1.54, 1.807) is 18.3 Å². The van der Waals surface area contributed by atoms with Crippen LogP contribution in [0.3, 0.4) is 0 Å². The molecule has 2 spiro atoms. The third kappa shape index (κ3) is 7.10. The minimum absolute atomic E-state index is 0.0731. The van der Waals surface area contributed by atoms with Crippen LogP contribution in [0.5, 0.6) is 11.6 Å². The third-order valence-electron chi connectivity index (χ3n) is 11.8. The summed E-state index contributed by atoms with van der Waals surface area (Å²) in [4.78, 5) is 21.0. The molecule has 0 radical (unpaired) electrons. The maximum atomic E-state index is 14.5. The molecule has 280 valence electrons. The van der Waals surface area contributed by atoms with Crippen LogP contribution in [0.15, 0.2) is 70.7 Å². The smallest absolute Gasteiger partial charge is 0.253 e. The SMILES string of the molecule is CC1(C)C[C@H](CCCNc2cc(OCc3ccccc3)cc(S(=O)(=O)c3cc(-n4ccc(OCCC5C6(CC6)C56CC6)n4)nc(Cl)c3C(N)=O)n2)CN1. The summed E-state index contributed by atoms with van der Waals surface area (Å²) in [6, 6.07) is 15.5. The molecule has 0 unspecified atom stereocenters. The van der Waals surface area contributed by atoms with Crippen LogP contribution in [0, 0.1) is 22.7 Å². The van der Waals surface area contributed by atoms with Gasteiger partial charge >= 0.3 is 0 Å². The van der Waals surface area contributed by atoms with Gasteiger partial charge in [0, 0.05) is 42.5 Å². The Kier molecular flexibility index (Phi) is 9.18. The molecule has 4 aromatic rings. The minimum atomic E-state index is -4.51. The van der Waals surface area contributed by atoms with Crippen LogP contribution >= 0.6 is 11.6 Å². The van der Waals surface area contributed by atoms with Crippen LogP contribution in [-0.4, -0.2) is 59.3 Å². The molecule has 3 saturated carbocycles. The van der Waals surface area contributed by atoms with Crippen molar-refractivity contribution in [3.05, 3.63) is 77.1 Å². The number of nitrogens with zero attached hydrogens (tertiary/aromatic N) is 4. The highest BCUT2D eigenvalue weighted by molar-refractivity contribution is 7.91. The van der Waals surface area contributed by atoms with Gasteiger partial charge in [-0.3, -0.25) is 4.79 Å². The van der Waals surface area contributed by atoms with E-state index in [1.807, 2.05) is 30.3 Å². The zero-order valence-electron chi connectivity index (χ0n) is 30.1. The highest BCUT2D eigenvalue weighted by Crippen LogP contribution is 2.93. The average Bonchev–Trinajstić information content (AvgIpc) is 4.08. The Hall–Kier alpha value is -4.20. The van der Waals surface area contributed by atoms with Gasteiger partial charge in [-0.15, -0.1) is 5.10 Å². The fourth-order valence-corrected chi connectivity index (χ4v) is 10.7. The van der Waals surface area contributed by atoms with Gasteiger partial charge in [-0.05, 0) is 100.0 Å². The van der Waals surface area contributed by atoms with Crippen LogP contribution in [0.2, 0.25) is 5.15 Å². The first-order valence-electron chi connectivity index (χ1n) is 18.5. The zero-order chi connectivity index (χ0) is 37.0. The van der Waals surface area contributed by atoms with Crippen LogP contribution in [0.1, 0.15) is 81.1 Å². The van der Waals surface area contributed by atoms with Crippen LogP contribution in [0.25, 0.3) is 5.82 Å². The quantitative estimate of drug-likeness (QED) is 0.0865. The number of anilines is 1. The molecule has 0 bridgehead atoms. The Balaban J connectivity index is 1.03. The van der Waals surface area contributed by atoms with Crippen molar-refractivity contribution >= 4 is 33.2 Å². The number of amides is 1. The van der Waals surface area contributed by atoms with Crippen molar-refractivity contribution in [1.29, 1.82) is 0 Å². The van der Waals surface area contributed by atoms with E-state index in [-0.39, 0.29) is 33.9 Å². The Morgan fingerprint density at radius 1 is 1.04 bits per heavy atom. The fourth-order valence-electron chi connectivity index (χ4n) is 8.92. The summed E-state index contributed by atoms with van der Waals surface area (Å²) >= 11 is 6.50. The molecule has 4 heterocycles. The largest absolute Gasteiger partial charge is 0.489 e. The van der Waals surface area contributed by atoms with Crippen molar-refractivity contribution in [3.63, 3.8) is 0 Å². The Morgan fingerprint density at radius 2 is 1.79 bits per heavy atom. The lowest BCUT2D eigenvalue weighted by Gasteiger charge is -2.17. The summed E-state index contributed by atoms with van der Waals surface area (Å²) in [5.41, 5.74) is 7.51. The predicted octanol–water partition coefficient (Wildman–Crippen LogP) is 6.37. The van der Waals surface area contributed by atoms with Crippen LogP contribution in [-0.2, 0) is 16.4 Å². The average molecular weight is 760 g/mol. The predicted molar refractivity (Wildman–Crippen MR) is 200 cm³/mol. The first-order valence-corrected chi connectivity index (χ1v) is 20.4. The van der Waals surface area contributed by atoms with E-state index in [0.29, 0.717) is 41.6 Å². The van der Waals surface area contributed by atoms with Gasteiger partial charge in [0.2, 0.25) is 15.7 Å². The van der Waals surface area contributed by atoms with Gasteiger partial charge in [-0.25, -0.2) is 23.1 Å². The monoisotopic (exact) mass is 759 g/mol. The van der Waals surface area contributed by atoms with Gasteiger partial charge in [0.05, 0.1) is 17.1 Å². The molecule has 53 heavy (non-hydrogen) atoms. The number of primary amides is 1. The van der Waals surface area contributed by atoms with Crippen molar-refractivity contribution in [3.8, 4) is 17.4 Å². The van der Waals surface area contributed by atoms with Gasteiger partial charge < -0.3 is 25.8 Å². The Bertz CT molecular complexity index is 2110. The second-order valence-electron chi connectivity index (χ2n) is 15.8. The molecule has 12 nitrogen and oxygen atoms in total. The molecule has 8 rings (SSSR count). The molecule has 1 atom stereocenters. The number of rotatable bonds is 16. The number of nitrogens with one attached hydrogen (secondary N) is 2. The zero-order valence-corrected chi connectivity index (χ0v) is 31.7. The number of hydrogen-bond donors (Lipinski definition) is 3. The second kappa shape index (κ2) is 13.6. The lowest BCUT2D eigenvalue weighted by molar-refractivity contribution is 0.0997. The molecule has 3 aliphatic carbocycles. The number of fused-ring (bicyclic) bond motifs is 1. The van der Waals surface area contributed by atoms with E-state index in [0.717, 1.165) is 43.7 Å². The summed E-state index contributed by atoms with van der Waals surface area (Å²) in [6.45, 7) is 6.74. The number of hydrogen-bond acceptors (Lipinski definition) is 10. The molecule has 1 aromatic carbocycles. The summed E-state index contributed by atoms with van der Waals surface area (Å²) < 4.78 is 42.4. The first-order chi connectivity index (χ1) is 25.4. The topological polar surface area (TPSA) is 163 Å². The number of halogens is 1. The van der Waals surface area contributed by atoms with Crippen molar-refractivity contribution in [2.24, 2.45) is 28.4 Å². The lowest BCUT2D eigenvalue weighted by atomic mass is 9.94. The van der Waals surface area contributed by atoms with Crippen molar-refractivity contribution in [2.45, 2.75) is 87.3 Å². The Morgan fingerprint density at radius 3 is 2.47 bits per heavy atom. The van der Waals surface area contributed by atoms with E-state index in [1.165, 1.54) is 42.5 Å². The lowest BCUT2D eigenvalue weighted by Crippen LogP contribution is -2.31. The van der Waals surface area contributed by atoms with Gasteiger partial charge in [0.25, 0.3) is 5.91 Å². The van der Waals surface area contributed by atoms with E-state index in [9.17, 15) is 13.2 Å². The number of nitrogens with two attached hydrogens (primary N) is 1. The number of sulfone groups is 1. The number of benzene rings is 1. The molecule has 1 saturated heterocycles. The second-order valence-corrected chi connectivity index (χ2v) is 18.0. The van der Waals surface area contributed by atoms with Crippen LogP contribution in [0.4, 0.5) is 5.82 Å². The van der Waals surface area contributed by atoms with Crippen molar-refractivity contribution in [2.75, 3.05) is 25.0 Å². The molecule has 14 heteroatoms. The molecule has 4 N–H and O–H groups in total. The first kappa shape index (κ1) is 35.8. The van der Waals surface area contributed by atoms with Gasteiger partial charge in [-0.1, -0.05) is 41.9 Å². The molecule has 1 aliphatic heterocycles. The maximum absolute atomic E-state index is 14.5. The van der Waals surface area contributed by atoms with E-state index >= 15 is 0 Å². The third-order valence-corrected chi connectivity index (χ3v) is 13.7. The standard InChI is InChI=1S/C39H46ClN7O5S/c1-37(2)22-26(23-43-37)9-6-16-42-30-19-27(52-24-25-7-4-3-5-8-25)20-33(44-30)53(49,50)28-21-31(45-35(40)34(28)36(41)48)47-17-10-32(46-47)51-18-11-29-38(12-13-38)39(29)14-15-39/h3-5,7-8,10,17,19-21,26,29,43H,6,9,11-16,18,22-24H2,1-2H3,(H2,41,48)(H,42,44)/t26-/m0/s1. The number of pyridine rings is 2. The maximum Gasteiger partial charge on any atom is 0.253 e. The van der Waals surface area contributed by atoms with Crippen LogP contribution < -0.4 is 25.8 Å². The number of aromatic nitrogens is 4. The Labute approximate surface area is 315 Å². The van der Waals surface area contributed by atoms with E-state index < -0.39 is 26.2 Å². The van der Waals surface area contributed by atoms with E-state index in [4.69, 9.17) is 26.8 Å². The van der Waals surface area contributed by atoms with Gasteiger partial charge in [0.15, 0.2) is 10.8 Å². The molecule has 4 aliphatic rings. The minimum Gasteiger partial charge on any atom is -0.489 e. The van der Waals surface area contributed by atoms with E-state index in [2.05, 4.69) is 39.5 Å². The van der Waals surface area contributed by atoms with Gasteiger partial charge in [0.1, 0.15) is 23.3 Å². The summed E-state index contributed by atoms with van der Waals surface area (Å²) in [5, 5.41) is 10.6. The fraction of sp³-hybridized carbons (Fsp3) is 0.487. The summed E-state index contributed by atoms with van der Waals surface area (Å²) in [6.07, 6.45) is 11.0. The van der Waals surface area contributed by atoms with Crippen molar-refractivity contribution < 1.29 is 22.7 Å². The normalized spacial score (nSPS) is 20.4. The number of carbonyl (C=O) groups is 1. The molecule has 3 aromatic heterocycles. The number of ether oxygens (including phenoxy) is 2. The molecular weight excluding hydrogens is 714 g/mol. The molecule has 1 amide bonds. The van der Waals surface area contributed by atoms with Gasteiger partial charge in [-0.2, -0.15) is 0 Å². The van der Waals surface area contributed by atoms with Crippen molar-refractivity contribution in [1.82, 2.24) is 25.1 Å². The molecule has 4 fully saturated rings. The highest BCUT2D eigenvalue weighted by Gasteiger charge is 2.85. The summed E-state index contributed by atoms with van der Waals surface area (Å²) in [7, 11) is -4.51. The number of carbonyl (C=O) groups excluding carboxylic acids is 1. The molecular formula is C39H46ClN7O5S.